The van der Waals surface area contributed by atoms with Crippen molar-refractivity contribution < 1.29 is 14.3 Å². The molecule has 0 radical (unpaired) electrons. The van der Waals surface area contributed by atoms with Crippen molar-refractivity contribution in [3.05, 3.63) is 47.3 Å². The van der Waals surface area contributed by atoms with Crippen molar-refractivity contribution in [3.8, 4) is 0 Å². The lowest BCUT2D eigenvalue weighted by Crippen LogP contribution is -2.30. The van der Waals surface area contributed by atoms with Gasteiger partial charge in [0, 0.05) is 11.4 Å². The Morgan fingerprint density at radius 2 is 2.13 bits per heavy atom. The van der Waals surface area contributed by atoms with Gasteiger partial charge in [-0.2, -0.15) is 5.10 Å². The molecule has 1 amide bonds. The number of hydrogen-bond acceptors (Lipinski definition) is 4. The van der Waals surface area contributed by atoms with Crippen LogP contribution in [0.1, 0.15) is 42.0 Å². The number of H-pyrrole nitrogens is 1. The fraction of sp³-hybridized carbons (Fsp3) is 0.353. The maximum Gasteiger partial charge on any atom is 0.359 e. The fourth-order valence-electron chi connectivity index (χ4n) is 2.10. The summed E-state index contributed by atoms with van der Waals surface area (Å²) in [7, 11) is 0. The molecule has 122 valence electrons. The quantitative estimate of drug-likeness (QED) is 0.803. The van der Waals surface area contributed by atoms with E-state index in [1.165, 1.54) is 6.92 Å². The van der Waals surface area contributed by atoms with Crippen molar-refractivity contribution in [1.82, 2.24) is 10.2 Å². The number of carbonyl (C=O) groups is 2. The number of aryl methyl sites for hydroxylation is 2. The summed E-state index contributed by atoms with van der Waals surface area (Å²) in [6.45, 7) is 5.50. The summed E-state index contributed by atoms with van der Waals surface area (Å²) >= 11 is 0. The lowest BCUT2D eigenvalue weighted by Gasteiger charge is -2.13. The fourth-order valence-corrected chi connectivity index (χ4v) is 2.10. The zero-order valence-electron chi connectivity index (χ0n) is 13.6. The number of aromatic nitrogens is 2. The molecule has 2 N–H and O–H groups in total. The maximum atomic E-state index is 12.1. The highest BCUT2D eigenvalue weighted by Gasteiger charge is 2.20. The molecule has 1 aromatic carbocycles. The van der Waals surface area contributed by atoms with Crippen molar-refractivity contribution in [2.75, 3.05) is 5.32 Å². The van der Waals surface area contributed by atoms with Gasteiger partial charge in [0.15, 0.2) is 11.8 Å². The number of aromatic amines is 1. The Balaban J connectivity index is 1.93. The Kier molecular flexibility index (Phi) is 5.51. The SMILES string of the molecule is CCCc1cc(C(=O)OC(C)C(=O)Nc2cccc(C)c2)n[nH]1. The Bertz CT molecular complexity index is 694. The third kappa shape index (κ3) is 4.67. The molecule has 0 saturated carbocycles. The van der Waals surface area contributed by atoms with E-state index in [1.54, 1.807) is 12.1 Å². The number of rotatable bonds is 6. The van der Waals surface area contributed by atoms with Crippen LogP contribution in [-0.4, -0.2) is 28.2 Å². The van der Waals surface area contributed by atoms with Gasteiger partial charge >= 0.3 is 5.97 Å². The molecule has 1 atom stereocenters. The summed E-state index contributed by atoms with van der Waals surface area (Å²) in [6.07, 6.45) is 0.852. The Morgan fingerprint density at radius 1 is 1.35 bits per heavy atom. The van der Waals surface area contributed by atoms with Crippen molar-refractivity contribution in [2.24, 2.45) is 0 Å². The highest BCUT2D eigenvalue weighted by molar-refractivity contribution is 5.96. The molecule has 0 saturated heterocycles. The van der Waals surface area contributed by atoms with E-state index in [-0.39, 0.29) is 11.6 Å². The summed E-state index contributed by atoms with van der Waals surface area (Å²) in [4.78, 5) is 24.1. The molecule has 1 heterocycles. The van der Waals surface area contributed by atoms with E-state index < -0.39 is 12.1 Å². The molecular formula is C17H21N3O3. The van der Waals surface area contributed by atoms with Gasteiger partial charge in [0.05, 0.1) is 0 Å². The molecule has 6 nitrogen and oxygen atoms in total. The number of amides is 1. The molecule has 23 heavy (non-hydrogen) atoms. The monoisotopic (exact) mass is 315 g/mol. The lowest BCUT2D eigenvalue weighted by molar-refractivity contribution is -0.123. The minimum Gasteiger partial charge on any atom is -0.448 e. The van der Waals surface area contributed by atoms with Gasteiger partial charge in [-0.3, -0.25) is 9.89 Å². The first-order valence-corrected chi connectivity index (χ1v) is 7.62. The van der Waals surface area contributed by atoms with Crippen LogP contribution in [0.25, 0.3) is 0 Å². The van der Waals surface area contributed by atoms with Crippen LogP contribution in [0.4, 0.5) is 5.69 Å². The minimum absolute atomic E-state index is 0.184. The van der Waals surface area contributed by atoms with Gasteiger partial charge < -0.3 is 10.1 Å². The van der Waals surface area contributed by atoms with Crippen molar-refractivity contribution in [3.63, 3.8) is 0 Å². The van der Waals surface area contributed by atoms with Gasteiger partial charge in [0.25, 0.3) is 5.91 Å². The van der Waals surface area contributed by atoms with Crippen molar-refractivity contribution >= 4 is 17.6 Å². The summed E-state index contributed by atoms with van der Waals surface area (Å²) < 4.78 is 5.16. The molecule has 1 unspecified atom stereocenters. The predicted octanol–water partition coefficient (Wildman–Crippen LogP) is 2.85. The Labute approximate surface area is 135 Å². The lowest BCUT2D eigenvalue weighted by atomic mass is 10.2. The second-order valence-corrected chi connectivity index (χ2v) is 5.43. The van der Waals surface area contributed by atoms with Gasteiger partial charge in [-0.1, -0.05) is 25.5 Å². The molecule has 2 rings (SSSR count). The highest BCUT2D eigenvalue weighted by atomic mass is 16.5. The summed E-state index contributed by atoms with van der Waals surface area (Å²) in [6, 6.07) is 9.06. The van der Waals surface area contributed by atoms with Crippen LogP contribution >= 0.6 is 0 Å². The number of hydrogen-bond donors (Lipinski definition) is 2. The molecule has 0 bridgehead atoms. The first-order valence-electron chi connectivity index (χ1n) is 7.62. The number of nitrogens with zero attached hydrogens (tertiary/aromatic N) is 1. The molecule has 0 aliphatic carbocycles. The van der Waals surface area contributed by atoms with Crippen LogP contribution in [0.2, 0.25) is 0 Å². The molecule has 0 fully saturated rings. The average molecular weight is 315 g/mol. The molecule has 0 aliphatic rings. The number of nitrogens with one attached hydrogen (secondary N) is 2. The highest BCUT2D eigenvalue weighted by Crippen LogP contribution is 2.11. The first-order chi connectivity index (χ1) is 11.0. The van der Waals surface area contributed by atoms with E-state index >= 15 is 0 Å². The van der Waals surface area contributed by atoms with Crippen LogP contribution in [-0.2, 0) is 16.0 Å². The van der Waals surface area contributed by atoms with Crippen LogP contribution in [0.15, 0.2) is 30.3 Å². The molecule has 0 aliphatic heterocycles. The van der Waals surface area contributed by atoms with Gasteiger partial charge in [-0.05, 0) is 44.0 Å². The molecule has 0 spiro atoms. The number of esters is 1. The van der Waals surface area contributed by atoms with Crippen LogP contribution in [0.5, 0.6) is 0 Å². The van der Waals surface area contributed by atoms with Gasteiger partial charge in [-0.15, -0.1) is 0 Å². The zero-order valence-corrected chi connectivity index (χ0v) is 13.6. The van der Waals surface area contributed by atoms with Crippen LogP contribution < -0.4 is 5.32 Å². The number of benzene rings is 1. The standard InChI is InChI=1S/C17H21N3O3/c1-4-6-14-10-15(20-19-14)17(22)23-12(3)16(21)18-13-8-5-7-11(2)9-13/h5,7-10,12H,4,6H2,1-3H3,(H,18,21)(H,19,20). The van der Waals surface area contributed by atoms with E-state index in [0.29, 0.717) is 5.69 Å². The van der Waals surface area contributed by atoms with E-state index in [2.05, 4.69) is 15.5 Å². The average Bonchev–Trinajstić information content (AvgIpc) is 2.96. The van der Waals surface area contributed by atoms with Crippen molar-refractivity contribution in [2.45, 2.75) is 39.7 Å². The molecular weight excluding hydrogens is 294 g/mol. The first kappa shape index (κ1) is 16.7. The van der Waals surface area contributed by atoms with E-state index in [9.17, 15) is 9.59 Å². The zero-order chi connectivity index (χ0) is 16.8. The van der Waals surface area contributed by atoms with Gasteiger partial charge in [0.1, 0.15) is 0 Å². The van der Waals surface area contributed by atoms with Crippen LogP contribution in [0, 0.1) is 6.92 Å². The van der Waals surface area contributed by atoms with E-state index in [4.69, 9.17) is 4.74 Å². The summed E-state index contributed by atoms with van der Waals surface area (Å²) in [5.41, 5.74) is 2.76. The third-order valence-corrected chi connectivity index (χ3v) is 3.30. The summed E-state index contributed by atoms with van der Waals surface area (Å²) in [5, 5.41) is 9.42. The summed E-state index contributed by atoms with van der Waals surface area (Å²) in [5.74, 6) is -0.997. The van der Waals surface area contributed by atoms with Crippen LogP contribution in [0.3, 0.4) is 0 Å². The maximum absolute atomic E-state index is 12.1. The second-order valence-electron chi connectivity index (χ2n) is 5.43. The van der Waals surface area contributed by atoms with Crippen molar-refractivity contribution in [1.29, 1.82) is 0 Å². The topological polar surface area (TPSA) is 84.1 Å². The number of carbonyl (C=O) groups excluding carboxylic acids is 2. The van der Waals surface area contributed by atoms with Gasteiger partial charge in [0.2, 0.25) is 0 Å². The van der Waals surface area contributed by atoms with E-state index in [0.717, 1.165) is 24.1 Å². The predicted molar refractivity (Wildman–Crippen MR) is 87.3 cm³/mol. The molecule has 6 heteroatoms. The second kappa shape index (κ2) is 7.58. The molecule has 1 aromatic heterocycles. The van der Waals surface area contributed by atoms with E-state index in [1.807, 2.05) is 32.0 Å². The number of ether oxygens (including phenoxy) is 1. The molecule has 2 aromatic rings. The minimum atomic E-state index is -0.908. The third-order valence-electron chi connectivity index (χ3n) is 3.30. The van der Waals surface area contributed by atoms with Gasteiger partial charge in [-0.25, -0.2) is 4.79 Å². The Hall–Kier alpha value is -2.63. The largest absolute Gasteiger partial charge is 0.448 e. The Morgan fingerprint density at radius 3 is 2.83 bits per heavy atom. The number of anilines is 1. The normalized spacial score (nSPS) is 11.8. The smallest absolute Gasteiger partial charge is 0.359 e.